The zero-order valence-electron chi connectivity index (χ0n) is 16.9. The standard InChI is InChI=1S/C20H38O8/c1-2-3-4-5-6-7-8-9-10-11-14(22)12-16(23)20(27)19(26)18(25)17(24)15(13-21)28-20/h14-15,17-19,21-22,24-27H,2-13H2,1H3/t14-,15-,17-,18+,19-,20+/m1/s1. The molecule has 0 aliphatic carbocycles. The summed E-state index contributed by atoms with van der Waals surface area (Å²) in [6.07, 6.45) is 2.10. The molecule has 8 heteroatoms. The molecule has 0 bridgehead atoms. The Morgan fingerprint density at radius 3 is 2.04 bits per heavy atom. The zero-order chi connectivity index (χ0) is 21.2. The molecule has 1 aliphatic rings. The quantitative estimate of drug-likeness (QED) is 0.227. The second kappa shape index (κ2) is 12.8. The molecule has 1 saturated heterocycles. The lowest BCUT2D eigenvalue weighted by molar-refractivity contribution is -0.331. The van der Waals surface area contributed by atoms with Crippen molar-refractivity contribution < 1.29 is 40.2 Å². The highest BCUT2D eigenvalue weighted by Crippen LogP contribution is 2.30. The Morgan fingerprint density at radius 2 is 1.50 bits per heavy atom. The number of aliphatic hydroxyl groups is 6. The number of ketones is 1. The summed E-state index contributed by atoms with van der Waals surface area (Å²) in [4.78, 5) is 12.3. The maximum Gasteiger partial charge on any atom is 0.256 e. The number of aliphatic hydroxyl groups excluding tert-OH is 5. The summed E-state index contributed by atoms with van der Waals surface area (Å²) in [5, 5.41) is 59.0. The van der Waals surface area contributed by atoms with Gasteiger partial charge in [-0.2, -0.15) is 0 Å². The molecular weight excluding hydrogens is 368 g/mol. The summed E-state index contributed by atoms with van der Waals surface area (Å²) in [7, 11) is 0. The maximum atomic E-state index is 12.3. The molecule has 0 aromatic rings. The Labute approximate surface area is 167 Å². The number of unbranched alkanes of at least 4 members (excludes halogenated alkanes) is 8. The molecule has 0 saturated carbocycles. The minimum atomic E-state index is -2.77. The number of hydrogen-bond donors (Lipinski definition) is 6. The molecule has 1 aliphatic heterocycles. The van der Waals surface area contributed by atoms with E-state index in [1.165, 1.54) is 32.1 Å². The van der Waals surface area contributed by atoms with Gasteiger partial charge < -0.3 is 35.4 Å². The minimum Gasteiger partial charge on any atom is -0.394 e. The first-order valence-electron chi connectivity index (χ1n) is 10.5. The Kier molecular flexibility index (Phi) is 11.7. The van der Waals surface area contributed by atoms with Crippen molar-refractivity contribution in [1.82, 2.24) is 0 Å². The van der Waals surface area contributed by atoms with E-state index in [4.69, 9.17) is 9.84 Å². The number of rotatable bonds is 14. The van der Waals surface area contributed by atoms with Gasteiger partial charge in [0.2, 0.25) is 0 Å². The van der Waals surface area contributed by atoms with Crippen molar-refractivity contribution in [2.75, 3.05) is 6.61 Å². The fourth-order valence-electron chi connectivity index (χ4n) is 3.54. The Bertz CT molecular complexity index is 444. The van der Waals surface area contributed by atoms with Gasteiger partial charge in [0.05, 0.1) is 12.7 Å². The first-order valence-corrected chi connectivity index (χ1v) is 10.5. The van der Waals surface area contributed by atoms with Crippen LogP contribution in [0.3, 0.4) is 0 Å². The first-order chi connectivity index (χ1) is 13.3. The van der Waals surface area contributed by atoms with Crippen LogP contribution >= 0.6 is 0 Å². The summed E-state index contributed by atoms with van der Waals surface area (Å²) >= 11 is 0. The van der Waals surface area contributed by atoms with Crippen LogP contribution in [0.2, 0.25) is 0 Å². The number of carbonyl (C=O) groups excluding carboxylic acids is 1. The SMILES string of the molecule is CCCCCCCCCCC[C@@H](O)CC(=O)[C@]1(O)O[C@H](CO)[C@@H](O)[C@H](O)[C@H]1O. The highest BCUT2D eigenvalue weighted by Gasteiger charge is 2.56. The van der Waals surface area contributed by atoms with Crippen LogP contribution in [-0.2, 0) is 9.53 Å². The van der Waals surface area contributed by atoms with Crippen LogP contribution < -0.4 is 0 Å². The van der Waals surface area contributed by atoms with E-state index in [2.05, 4.69) is 6.92 Å². The highest BCUT2D eigenvalue weighted by molar-refractivity contribution is 5.87. The number of ether oxygens (including phenoxy) is 1. The van der Waals surface area contributed by atoms with E-state index in [0.29, 0.717) is 6.42 Å². The van der Waals surface area contributed by atoms with E-state index < -0.39 is 55.1 Å². The van der Waals surface area contributed by atoms with Crippen molar-refractivity contribution in [1.29, 1.82) is 0 Å². The maximum absolute atomic E-state index is 12.3. The largest absolute Gasteiger partial charge is 0.394 e. The summed E-state index contributed by atoms with van der Waals surface area (Å²) in [5.41, 5.74) is 0. The molecule has 0 unspecified atom stereocenters. The second-order valence-corrected chi connectivity index (χ2v) is 7.86. The van der Waals surface area contributed by atoms with E-state index in [0.717, 1.165) is 25.7 Å². The molecule has 1 fully saturated rings. The van der Waals surface area contributed by atoms with Gasteiger partial charge in [-0.1, -0.05) is 64.7 Å². The average Bonchev–Trinajstić information content (AvgIpc) is 2.67. The topological polar surface area (TPSA) is 148 Å². The van der Waals surface area contributed by atoms with E-state index >= 15 is 0 Å². The molecule has 1 rings (SSSR count). The third-order valence-electron chi connectivity index (χ3n) is 5.43. The molecule has 8 nitrogen and oxygen atoms in total. The van der Waals surface area contributed by atoms with Gasteiger partial charge >= 0.3 is 0 Å². The number of hydrogen-bond acceptors (Lipinski definition) is 8. The molecule has 6 atom stereocenters. The van der Waals surface area contributed by atoms with Gasteiger partial charge in [-0.3, -0.25) is 4.79 Å². The van der Waals surface area contributed by atoms with Crippen molar-refractivity contribution in [3.63, 3.8) is 0 Å². The molecule has 166 valence electrons. The van der Waals surface area contributed by atoms with Crippen LogP contribution in [0.15, 0.2) is 0 Å². The van der Waals surface area contributed by atoms with Crippen molar-refractivity contribution in [3.8, 4) is 0 Å². The fourth-order valence-corrected chi connectivity index (χ4v) is 3.54. The second-order valence-electron chi connectivity index (χ2n) is 7.86. The van der Waals surface area contributed by atoms with E-state index in [1.54, 1.807) is 0 Å². The van der Waals surface area contributed by atoms with E-state index in [9.17, 15) is 30.3 Å². The van der Waals surface area contributed by atoms with Crippen LogP contribution in [0.1, 0.15) is 77.6 Å². The smallest absolute Gasteiger partial charge is 0.256 e. The Balaban J connectivity index is 2.33. The molecule has 28 heavy (non-hydrogen) atoms. The molecule has 1 heterocycles. The fraction of sp³-hybridized carbons (Fsp3) is 0.950. The first kappa shape index (κ1) is 25.4. The molecule has 0 aromatic heterocycles. The van der Waals surface area contributed by atoms with Gasteiger partial charge in [0, 0.05) is 6.42 Å². The monoisotopic (exact) mass is 406 g/mol. The third-order valence-corrected chi connectivity index (χ3v) is 5.43. The van der Waals surface area contributed by atoms with Crippen LogP contribution in [-0.4, -0.2) is 79.3 Å². The van der Waals surface area contributed by atoms with Gasteiger partial charge in [-0.25, -0.2) is 0 Å². The van der Waals surface area contributed by atoms with Crippen LogP contribution in [0.25, 0.3) is 0 Å². The van der Waals surface area contributed by atoms with Gasteiger partial charge in [-0.15, -0.1) is 0 Å². The van der Waals surface area contributed by atoms with Crippen molar-refractivity contribution >= 4 is 5.78 Å². The lowest BCUT2D eigenvalue weighted by Gasteiger charge is -2.44. The minimum absolute atomic E-state index is 0.377. The van der Waals surface area contributed by atoms with Gasteiger partial charge in [0.15, 0.2) is 5.78 Å². The van der Waals surface area contributed by atoms with Gasteiger partial charge in [-0.05, 0) is 6.42 Å². The van der Waals surface area contributed by atoms with Crippen LogP contribution in [0.5, 0.6) is 0 Å². The Hall–Kier alpha value is -0.610. The summed E-state index contributed by atoms with van der Waals surface area (Å²) < 4.78 is 4.96. The van der Waals surface area contributed by atoms with Gasteiger partial charge in [0.1, 0.15) is 24.4 Å². The lowest BCUT2D eigenvalue weighted by atomic mass is 9.88. The number of carbonyl (C=O) groups is 1. The summed E-state index contributed by atoms with van der Waals surface area (Å²) in [5.74, 6) is -3.77. The van der Waals surface area contributed by atoms with Crippen molar-refractivity contribution in [3.05, 3.63) is 0 Å². The zero-order valence-corrected chi connectivity index (χ0v) is 16.9. The van der Waals surface area contributed by atoms with Gasteiger partial charge in [0.25, 0.3) is 5.79 Å². The highest BCUT2D eigenvalue weighted by atomic mass is 16.7. The predicted octanol–water partition coefficient (Wildman–Crippen LogP) is 0.390. The average molecular weight is 407 g/mol. The molecule has 0 radical (unpaired) electrons. The molecule has 6 N–H and O–H groups in total. The van der Waals surface area contributed by atoms with E-state index in [1.807, 2.05) is 0 Å². The Morgan fingerprint density at radius 1 is 0.964 bits per heavy atom. The lowest BCUT2D eigenvalue weighted by Crippen LogP contribution is -2.68. The summed E-state index contributed by atoms with van der Waals surface area (Å²) in [6.45, 7) is 1.44. The van der Waals surface area contributed by atoms with E-state index in [-0.39, 0.29) is 0 Å². The third kappa shape index (κ3) is 7.33. The van der Waals surface area contributed by atoms with Crippen LogP contribution in [0, 0.1) is 0 Å². The normalized spacial score (nSPS) is 31.7. The molecule has 0 aromatic carbocycles. The van der Waals surface area contributed by atoms with Crippen LogP contribution in [0.4, 0.5) is 0 Å². The van der Waals surface area contributed by atoms with Crippen molar-refractivity contribution in [2.45, 2.75) is 114 Å². The predicted molar refractivity (Wildman–Crippen MR) is 102 cm³/mol. The summed E-state index contributed by atoms with van der Waals surface area (Å²) in [6, 6.07) is 0. The number of Topliss-reactive ketones (excluding diaryl/α,β-unsaturated/α-hetero) is 1. The molecule has 0 amide bonds. The van der Waals surface area contributed by atoms with Crippen molar-refractivity contribution in [2.24, 2.45) is 0 Å². The molecular formula is C20H38O8. The molecule has 0 spiro atoms.